The molecule has 0 N–H and O–H groups in total. The van der Waals surface area contributed by atoms with Gasteiger partial charge in [-0.15, -0.1) is 0 Å². The van der Waals surface area contributed by atoms with Gasteiger partial charge in [-0.25, -0.2) is 4.79 Å². The predicted molar refractivity (Wildman–Crippen MR) is 72.4 cm³/mol. The molecule has 0 fully saturated rings. The fraction of sp³-hybridized carbons (Fsp3) is 0. The minimum atomic E-state index is -1.51. The SMILES string of the molecule is C=CC(=O)OC=Cc1ccccc1.F[SiH2]O[SiH3]. The summed E-state index contributed by atoms with van der Waals surface area (Å²) < 4.78 is 19.5. The second kappa shape index (κ2) is 11.0. The van der Waals surface area contributed by atoms with E-state index in [2.05, 4.69) is 15.4 Å². The molecule has 1 aromatic rings. The summed E-state index contributed by atoms with van der Waals surface area (Å²) in [7, 11) is -0.937. The maximum Gasteiger partial charge on any atom is 0.342 e. The van der Waals surface area contributed by atoms with Crippen LogP contribution in [0.25, 0.3) is 6.08 Å². The predicted octanol–water partition coefficient (Wildman–Crippen LogP) is 0.638. The Bertz CT molecular complexity index is 353. The van der Waals surface area contributed by atoms with E-state index >= 15 is 0 Å². The monoisotopic (exact) mass is 270 g/mol. The Balaban J connectivity index is 0.000000557. The molecule has 0 atom stereocenters. The molecule has 17 heavy (non-hydrogen) atoms. The van der Waals surface area contributed by atoms with Crippen LogP contribution in [-0.4, -0.2) is 26.6 Å². The van der Waals surface area contributed by atoms with Crippen molar-refractivity contribution >= 4 is 32.6 Å². The standard InChI is InChI=1S/C11H10O2.FH5OSi2/c1-2-11(12)13-9-8-10-6-4-3-5-7-10;1-4-2-3/h2-9H,1H2;4H2,3H3. The Morgan fingerprint density at radius 3 is 2.47 bits per heavy atom. The first-order valence-electron chi connectivity index (χ1n) is 4.84. The molecule has 0 aliphatic heterocycles. The van der Waals surface area contributed by atoms with Crippen LogP contribution in [0.2, 0.25) is 0 Å². The van der Waals surface area contributed by atoms with Crippen molar-refractivity contribution in [3.8, 4) is 0 Å². The molecule has 0 saturated heterocycles. The van der Waals surface area contributed by atoms with Gasteiger partial charge in [0.15, 0.2) is 0 Å². The molecule has 1 rings (SSSR count). The molecule has 0 spiro atoms. The van der Waals surface area contributed by atoms with Gasteiger partial charge in [0.2, 0.25) is 0 Å². The molecule has 0 bridgehead atoms. The molecule has 0 aliphatic rings. The minimum Gasteiger partial charge on any atom is -0.446 e. The lowest BCUT2D eigenvalue weighted by molar-refractivity contribution is -0.132. The lowest BCUT2D eigenvalue weighted by Gasteiger charge is -1.92. The van der Waals surface area contributed by atoms with E-state index < -0.39 is 16.1 Å². The lowest BCUT2D eigenvalue weighted by atomic mass is 10.2. The summed E-state index contributed by atoms with van der Waals surface area (Å²) in [6, 6.07) is 9.58. The van der Waals surface area contributed by atoms with Crippen LogP contribution in [0.1, 0.15) is 5.56 Å². The third kappa shape index (κ3) is 9.42. The van der Waals surface area contributed by atoms with Crippen LogP contribution in [0.3, 0.4) is 0 Å². The van der Waals surface area contributed by atoms with E-state index in [1.165, 1.54) is 6.26 Å². The van der Waals surface area contributed by atoms with Crippen molar-refractivity contribution < 1.29 is 17.8 Å². The first kappa shape index (κ1) is 15.5. The molecule has 0 heterocycles. The van der Waals surface area contributed by atoms with Gasteiger partial charge in [-0.1, -0.05) is 36.9 Å². The van der Waals surface area contributed by atoms with Gasteiger partial charge in [0.05, 0.1) is 6.26 Å². The molecule has 0 saturated carbocycles. The van der Waals surface area contributed by atoms with Crippen molar-refractivity contribution in [2.75, 3.05) is 0 Å². The topological polar surface area (TPSA) is 35.5 Å². The van der Waals surface area contributed by atoms with Crippen molar-refractivity contribution in [2.45, 2.75) is 0 Å². The summed E-state index contributed by atoms with van der Waals surface area (Å²) in [6.45, 7) is 3.28. The highest BCUT2D eigenvalue weighted by Crippen LogP contribution is 2.00. The van der Waals surface area contributed by atoms with Crippen LogP contribution in [0, 0.1) is 0 Å². The van der Waals surface area contributed by atoms with E-state index in [0.29, 0.717) is 10.5 Å². The number of ether oxygens (including phenoxy) is 1. The van der Waals surface area contributed by atoms with Gasteiger partial charge in [-0.2, -0.15) is 0 Å². The zero-order valence-corrected chi connectivity index (χ0v) is 13.0. The van der Waals surface area contributed by atoms with E-state index in [1.807, 2.05) is 30.3 Å². The number of halogens is 1. The Labute approximate surface area is 106 Å². The molecular formula is C11H15FO3Si2. The quantitative estimate of drug-likeness (QED) is 0.265. The van der Waals surface area contributed by atoms with Crippen molar-refractivity contribution in [1.82, 2.24) is 0 Å². The van der Waals surface area contributed by atoms with E-state index in [-0.39, 0.29) is 0 Å². The van der Waals surface area contributed by atoms with Gasteiger partial charge in [-0.3, -0.25) is 4.11 Å². The average Bonchev–Trinajstić information content (AvgIpc) is 2.40. The van der Waals surface area contributed by atoms with E-state index in [9.17, 15) is 8.90 Å². The average molecular weight is 270 g/mol. The summed E-state index contributed by atoms with van der Waals surface area (Å²) in [5, 5.41) is 0. The maximum atomic E-state index is 10.7. The van der Waals surface area contributed by atoms with Gasteiger partial charge in [0, 0.05) is 6.08 Å². The molecule has 0 aromatic heterocycles. The molecule has 6 heteroatoms. The summed E-state index contributed by atoms with van der Waals surface area (Å²) in [4.78, 5) is 10.6. The number of rotatable bonds is 4. The number of hydrogen-bond donors (Lipinski definition) is 0. The van der Waals surface area contributed by atoms with Gasteiger partial charge in [0.1, 0.15) is 10.5 Å². The third-order valence-corrected chi connectivity index (χ3v) is 2.39. The summed E-state index contributed by atoms with van der Waals surface area (Å²) >= 11 is 0. The van der Waals surface area contributed by atoms with E-state index in [1.54, 1.807) is 6.08 Å². The second-order valence-corrected chi connectivity index (χ2v) is 5.28. The molecule has 3 nitrogen and oxygen atoms in total. The Morgan fingerprint density at radius 2 is 2.00 bits per heavy atom. The minimum absolute atomic E-state index is 0.452. The number of esters is 1. The van der Waals surface area contributed by atoms with Crippen LogP contribution in [0.15, 0.2) is 49.2 Å². The Kier molecular flexibility index (Phi) is 10.0. The lowest BCUT2D eigenvalue weighted by Crippen LogP contribution is -1.91. The first-order valence-corrected chi connectivity index (χ1v) is 6.77. The highest BCUT2D eigenvalue weighted by atomic mass is 28.3. The van der Waals surface area contributed by atoms with Crippen LogP contribution >= 0.6 is 0 Å². The van der Waals surface area contributed by atoms with Gasteiger partial charge < -0.3 is 8.85 Å². The summed E-state index contributed by atoms with van der Waals surface area (Å²) in [5.74, 6) is -0.452. The van der Waals surface area contributed by atoms with E-state index in [4.69, 9.17) is 0 Å². The fourth-order valence-electron chi connectivity index (χ4n) is 0.792. The smallest absolute Gasteiger partial charge is 0.342 e. The van der Waals surface area contributed by atoms with Crippen LogP contribution < -0.4 is 0 Å². The van der Waals surface area contributed by atoms with E-state index in [0.717, 1.165) is 11.6 Å². The largest absolute Gasteiger partial charge is 0.446 e. The Morgan fingerprint density at radius 1 is 1.41 bits per heavy atom. The molecular weight excluding hydrogens is 255 g/mol. The van der Waals surface area contributed by atoms with Gasteiger partial charge >= 0.3 is 16.1 Å². The van der Waals surface area contributed by atoms with Gasteiger partial charge in [0.25, 0.3) is 0 Å². The molecule has 0 aliphatic carbocycles. The van der Waals surface area contributed by atoms with Crippen molar-refractivity contribution in [3.63, 3.8) is 0 Å². The molecule has 92 valence electrons. The summed E-state index contributed by atoms with van der Waals surface area (Å²) in [5.41, 5.74) is 0.986. The highest BCUT2D eigenvalue weighted by molar-refractivity contribution is 6.26. The van der Waals surface area contributed by atoms with Crippen LogP contribution in [0.5, 0.6) is 0 Å². The molecule has 0 amide bonds. The van der Waals surface area contributed by atoms with Crippen LogP contribution in [-0.2, 0) is 13.6 Å². The number of hydrogen-bond acceptors (Lipinski definition) is 3. The normalized spacial score (nSPS) is 10.2. The van der Waals surface area contributed by atoms with Gasteiger partial charge in [-0.05, 0) is 11.6 Å². The first-order chi connectivity index (χ1) is 8.24. The fourth-order valence-corrected chi connectivity index (χ4v) is 0.792. The third-order valence-electron chi connectivity index (χ3n) is 1.52. The molecule has 0 unspecified atom stereocenters. The van der Waals surface area contributed by atoms with Crippen molar-refractivity contribution in [3.05, 3.63) is 54.8 Å². The zero-order chi connectivity index (χ0) is 12.9. The second-order valence-electron chi connectivity index (χ2n) is 2.75. The highest BCUT2D eigenvalue weighted by Gasteiger charge is 1.88. The van der Waals surface area contributed by atoms with Crippen LogP contribution in [0.4, 0.5) is 4.11 Å². The molecule has 1 aromatic carbocycles. The summed E-state index contributed by atoms with van der Waals surface area (Å²) in [6.07, 6.45) is 4.18. The zero-order valence-electron chi connectivity index (χ0n) is 9.64. The molecule has 0 radical (unpaired) electrons. The number of carbonyl (C=O) groups excluding carboxylic acids is 1. The number of benzene rings is 1. The van der Waals surface area contributed by atoms with Crippen molar-refractivity contribution in [1.29, 1.82) is 0 Å². The Hall–Kier alpha value is -1.51. The number of carbonyl (C=O) groups is 1. The maximum absolute atomic E-state index is 10.7. The van der Waals surface area contributed by atoms with Crippen molar-refractivity contribution in [2.24, 2.45) is 0 Å².